The molecule has 1 fully saturated rings. The van der Waals surface area contributed by atoms with Crippen LogP contribution in [0.2, 0.25) is 0 Å². The second kappa shape index (κ2) is 3.96. The molecule has 2 aliphatic heterocycles. The van der Waals surface area contributed by atoms with Crippen molar-refractivity contribution >= 4 is 50.7 Å². The minimum absolute atomic E-state index is 0. The Hall–Kier alpha value is -1.59. The van der Waals surface area contributed by atoms with Crippen LogP contribution in [-0.4, -0.2) is 23.3 Å². The SMILES string of the molecule is Cl.O=C1CN2Cc3c(sc4ccccc34)N=C2N1. The molecule has 4 rings (SSSR count). The van der Waals surface area contributed by atoms with Gasteiger partial charge in [-0.05, 0) is 11.5 Å². The first-order valence-electron chi connectivity index (χ1n) is 5.45. The zero-order chi connectivity index (χ0) is 11.4. The number of nitrogens with zero attached hydrogens (tertiary/aromatic N) is 2. The molecular formula is C12H10ClN3OS. The monoisotopic (exact) mass is 279 g/mol. The number of aliphatic imine (C=N–C) groups is 1. The summed E-state index contributed by atoms with van der Waals surface area (Å²) in [6, 6.07) is 8.32. The van der Waals surface area contributed by atoms with Gasteiger partial charge in [0.15, 0.2) is 0 Å². The number of thiophene rings is 1. The predicted molar refractivity (Wildman–Crippen MR) is 74.7 cm³/mol. The van der Waals surface area contributed by atoms with Crippen molar-refractivity contribution in [3.63, 3.8) is 0 Å². The molecule has 6 heteroatoms. The van der Waals surface area contributed by atoms with Crippen LogP contribution in [0.25, 0.3) is 10.1 Å². The number of hydrogen-bond acceptors (Lipinski definition) is 4. The molecule has 1 aromatic heterocycles. The fraction of sp³-hybridized carbons (Fsp3) is 0.167. The second-order valence-electron chi connectivity index (χ2n) is 4.22. The Morgan fingerprint density at radius 1 is 1.28 bits per heavy atom. The van der Waals surface area contributed by atoms with Gasteiger partial charge in [0.05, 0.1) is 0 Å². The van der Waals surface area contributed by atoms with Gasteiger partial charge in [0.25, 0.3) is 0 Å². The molecule has 2 aliphatic rings. The van der Waals surface area contributed by atoms with Crippen LogP contribution < -0.4 is 5.32 Å². The lowest BCUT2D eigenvalue weighted by atomic mass is 10.1. The Balaban J connectivity index is 0.000001000. The van der Waals surface area contributed by atoms with E-state index in [1.807, 2.05) is 17.0 Å². The number of carbonyl (C=O) groups excluding carboxylic acids is 1. The molecule has 0 spiro atoms. The Labute approximate surface area is 114 Å². The molecule has 92 valence electrons. The summed E-state index contributed by atoms with van der Waals surface area (Å²) in [4.78, 5) is 17.8. The smallest absolute Gasteiger partial charge is 0.246 e. The van der Waals surface area contributed by atoms with Gasteiger partial charge in [-0.15, -0.1) is 23.7 Å². The van der Waals surface area contributed by atoms with Gasteiger partial charge < -0.3 is 4.90 Å². The fourth-order valence-electron chi connectivity index (χ4n) is 2.34. The normalized spacial score (nSPS) is 16.8. The van der Waals surface area contributed by atoms with E-state index < -0.39 is 0 Å². The summed E-state index contributed by atoms with van der Waals surface area (Å²) in [5.41, 5.74) is 1.24. The van der Waals surface area contributed by atoms with Crippen LogP contribution in [0.3, 0.4) is 0 Å². The van der Waals surface area contributed by atoms with Crippen LogP contribution >= 0.6 is 23.7 Å². The highest BCUT2D eigenvalue weighted by Gasteiger charge is 2.30. The van der Waals surface area contributed by atoms with E-state index in [-0.39, 0.29) is 18.3 Å². The van der Waals surface area contributed by atoms with Gasteiger partial charge in [0.2, 0.25) is 11.9 Å². The molecule has 1 amide bonds. The highest BCUT2D eigenvalue weighted by molar-refractivity contribution is 7.22. The second-order valence-corrected chi connectivity index (χ2v) is 5.25. The van der Waals surface area contributed by atoms with Gasteiger partial charge >= 0.3 is 0 Å². The number of nitrogens with one attached hydrogen (secondary N) is 1. The van der Waals surface area contributed by atoms with Crippen molar-refractivity contribution in [3.8, 4) is 0 Å². The third-order valence-corrected chi connectivity index (χ3v) is 4.23. The molecule has 2 aromatic rings. The van der Waals surface area contributed by atoms with Crippen LogP contribution in [0.15, 0.2) is 29.3 Å². The van der Waals surface area contributed by atoms with E-state index in [0.29, 0.717) is 12.5 Å². The van der Waals surface area contributed by atoms with Gasteiger partial charge in [-0.25, -0.2) is 4.99 Å². The minimum Gasteiger partial charge on any atom is -0.329 e. The number of guanidine groups is 1. The number of rotatable bonds is 0. The van der Waals surface area contributed by atoms with Crippen molar-refractivity contribution in [2.24, 2.45) is 4.99 Å². The highest BCUT2D eigenvalue weighted by atomic mass is 35.5. The zero-order valence-corrected chi connectivity index (χ0v) is 11.0. The molecule has 18 heavy (non-hydrogen) atoms. The summed E-state index contributed by atoms with van der Waals surface area (Å²) in [5.74, 6) is 0.734. The minimum atomic E-state index is 0. The quantitative estimate of drug-likeness (QED) is 0.804. The van der Waals surface area contributed by atoms with Gasteiger partial charge in [-0.3, -0.25) is 10.1 Å². The van der Waals surface area contributed by atoms with Crippen molar-refractivity contribution in [2.45, 2.75) is 6.54 Å². The van der Waals surface area contributed by atoms with Crippen LogP contribution in [0.5, 0.6) is 0 Å². The van der Waals surface area contributed by atoms with Gasteiger partial charge in [0, 0.05) is 16.8 Å². The molecule has 0 aliphatic carbocycles. The van der Waals surface area contributed by atoms with Crippen LogP contribution in [0, 0.1) is 0 Å². The lowest BCUT2D eigenvalue weighted by Crippen LogP contribution is -2.31. The summed E-state index contributed by atoms with van der Waals surface area (Å²) < 4.78 is 1.26. The maximum absolute atomic E-state index is 11.3. The van der Waals surface area contributed by atoms with Crippen LogP contribution in [0.4, 0.5) is 5.00 Å². The Morgan fingerprint density at radius 2 is 2.11 bits per heavy atom. The number of hydrogen-bond donors (Lipinski definition) is 1. The maximum Gasteiger partial charge on any atom is 0.246 e. The van der Waals surface area contributed by atoms with Crippen molar-refractivity contribution in [1.82, 2.24) is 10.2 Å². The molecule has 3 heterocycles. The number of carbonyl (C=O) groups is 1. The molecule has 0 atom stereocenters. The molecule has 0 unspecified atom stereocenters. The van der Waals surface area contributed by atoms with E-state index >= 15 is 0 Å². The number of benzene rings is 1. The molecule has 1 saturated heterocycles. The summed E-state index contributed by atoms with van der Waals surface area (Å²) in [6.45, 7) is 1.19. The Bertz CT molecular complexity index is 679. The predicted octanol–water partition coefficient (Wildman–Crippen LogP) is 2.26. The number of halogens is 1. The molecule has 1 N–H and O–H groups in total. The molecule has 0 saturated carbocycles. The largest absolute Gasteiger partial charge is 0.329 e. The van der Waals surface area contributed by atoms with E-state index in [9.17, 15) is 4.79 Å². The first kappa shape index (κ1) is 11.5. The summed E-state index contributed by atoms with van der Waals surface area (Å²) >= 11 is 1.68. The van der Waals surface area contributed by atoms with Crippen LogP contribution in [-0.2, 0) is 11.3 Å². The third-order valence-electron chi connectivity index (χ3n) is 3.12. The molecule has 0 bridgehead atoms. The van der Waals surface area contributed by atoms with Gasteiger partial charge in [-0.2, -0.15) is 0 Å². The van der Waals surface area contributed by atoms with Crippen molar-refractivity contribution in [3.05, 3.63) is 29.8 Å². The number of amides is 1. The van der Waals surface area contributed by atoms with Crippen LogP contribution in [0.1, 0.15) is 5.56 Å². The molecule has 1 aromatic carbocycles. The summed E-state index contributed by atoms with van der Waals surface area (Å²) in [6.07, 6.45) is 0. The van der Waals surface area contributed by atoms with E-state index in [2.05, 4.69) is 22.4 Å². The van der Waals surface area contributed by atoms with Crippen molar-refractivity contribution < 1.29 is 4.79 Å². The molecule has 4 nitrogen and oxygen atoms in total. The lowest BCUT2D eigenvalue weighted by Gasteiger charge is -2.20. The summed E-state index contributed by atoms with van der Waals surface area (Å²) in [7, 11) is 0. The first-order chi connectivity index (χ1) is 8.31. The van der Waals surface area contributed by atoms with Crippen molar-refractivity contribution in [1.29, 1.82) is 0 Å². The molecule has 0 radical (unpaired) electrons. The average Bonchev–Trinajstić information content (AvgIpc) is 2.84. The lowest BCUT2D eigenvalue weighted by molar-refractivity contribution is -0.118. The van der Waals surface area contributed by atoms with E-state index in [1.54, 1.807) is 11.3 Å². The zero-order valence-electron chi connectivity index (χ0n) is 9.34. The topological polar surface area (TPSA) is 44.7 Å². The summed E-state index contributed by atoms with van der Waals surface area (Å²) in [5, 5.41) is 5.07. The van der Waals surface area contributed by atoms with E-state index in [1.165, 1.54) is 15.6 Å². The Kier molecular flexibility index (Phi) is 2.53. The number of fused-ring (bicyclic) bond motifs is 4. The van der Waals surface area contributed by atoms with Gasteiger partial charge in [0.1, 0.15) is 11.5 Å². The third kappa shape index (κ3) is 1.51. The van der Waals surface area contributed by atoms with E-state index in [0.717, 1.165) is 11.5 Å². The molecular weight excluding hydrogens is 270 g/mol. The highest BCUT2D eigenvalue weighted by Crippen LogP contribution is 2.40. The standard InChI is InChI=1S/C12H9N3OS.ClH/c16-10-6-15-5-8-7-3-1-2-4-9(7)17-11(8)14-12(15)13-10;/h1-4H,5-6H2,(H,13,14,16);1H. The fourth-order valence-corrected chi connectivity index (χ4v) is 3.42. The average molecular weight is 280 g/mol. The Morgan fingerprint density at radius 3 is 3.00 bits per heavy atom. The maximum atomic E-state index is 11.3. The first-order valence-corrected chi connectivity index (χ1v) is 6.27. The van der Waals surface area contributed by atoms with E-state index in [4.69, 9.17) is 0 Å². The van der Waals surface area contributed by atoms with Crippen molar-refractivity contribution in [2.75, 3.05) is 6.54 Å². The van der Waals surface area contributed by atoms with Gasteiger partial charge in [-0.1, -0.05) is 18.2 Å².